The lowest BCUT2D eigenvalue weighted by Crippen LogP contribution is -2.33. The molecule has 0 saturated carbocycles. The van der Waals surface area contributed by atoms with E-state index in [2.05, 4.69) is 15.6 Å². The van der Waals surface area contributed by atoms with E-state index in [1.807, 2.05) is 0 Å². The van der Waals surface area contributed by atoms with Crippen LogP contribution in [0.1, 0.15) is 17.4 Å². The van der Waals surface area contributed by atoms with Crippen LogP contribution in [0.15, 0.2) is 5.38 Å². The van der Waals surface area contributed by atoms with E-state index in [-0.39, 0.29) is 18.1 Å². The van der Waals surface area contributed by atoms with E-state index >= 15 is 0 Å². The Hall–Kier alpha value is -1.96. The second kappa shape index (κ2) is 5.21. The Labute approximate surface area is 95.0 Å². The molecule has 1 rings (SSSR count). The molecule has 1 aromatic heterocycles. The molecule has 8 heteroatoms. The lowest BCUT2D eigenvalue weighted by Gasteiger charge is -1.98. The summed E-state index contributed by atoms with van der Waals surface area (Å²) < 4.78 is 0. The Morgan fingerprint density at radius 1 is 1.50 bits per heavy atom. The Kier molecular flexibility index (Phi) is 3.95. The fourth-order valence-corrected chi connectivity index (χ4v) is 1.58. The molecule has 4 N–H and O–H groups in total. The van der Waals surface area contributed by atoms with Gasteiger partial charge in [0.05, 0.1) is 6.54 Å². The average Bonchev–Trinajstić information content (AvgIpc) is 2.61. The maximum atomic E-state index is 11.4. The smallest absolute Gasteiger partial charge is 0.271 e. The van der Waals surface area contributed by atoms with E-state index in [9.17, 15) is 14.4 Å². The van der Waals surface area contributed by atoms with Crippen molar-refractivity contribution in [1.82, 2.24) is 10.3 Å². The van der Waals surface area contributed by atoms with Crippen LogP contribution >= 0.6 is 11.3 Å². The third kappa shape index (κ3) is 3.65. The highest BCUT2D eigenvalue weighted by Gasteiger charge is 2.11. The molecule has 16 heavy (non-hydrogen) atoms. The van der Waals surface area contributed by atoms with Crippen molar-refractivity contribution in [3.8, 4) is 0 Å². The highest BCUT2D eigenvalue weighted by Crippen LogP contribution is 2.14. The van der Waals surface area contributed by atoms with Gasteiger partial charge in [-0.1, -0.05) is 0 Å². The minimum Gasteiger partial charge on any atom is -0.368 e. The van der Waals surface area contributed by atoms with Gasteiger partial charge in [0.2, 0.25) is 11.8 Å². The fourth-order valence-electron chi connectivity index (χ4n) is 0.844. The molecule has 0 aliphatic rings. The summed E-state index contributed by atoms with van der Waals surface area (Å²) in [5, 5.41) is 6.53. The van der Waals surface area contributed by atoms with Crippen LogP contribution in [0.2, 0.25) is 0 Å². The zero-order chi connectivity index (χ0) is 12.1. The van der Waals surface area contributed by atoms with Crippen LogP contribution in [0.3, 0.4) is 0 Å². The molecule has 7 nitrogen and oxygen atoms in total. The lowest BCUT2D eigenvalue weighted by atomic mass is 10.4. The van der Waals surface area contributed by atoms with Crippen LogP contribution in [0.25, 0.3) is 0 Å². The molecular formula is C8H10N4O3S. The van der Waals surface area contributed by atoms with Crippen molar-refractivity contribution in [1.29, 1.82) is 0 Å². The minimum absolute atomic E-state index is 0.134. The molecule has 0 saturated heterocycles. The molecule has 1 aromatic rings. The zero-order valence-electron chi connectivity index (χ0n) is 8.44. The summed E-state index contributed by atoms with van der Waals surface area (Å²) in [6.07, 6.45) is 0. The van der Waals surface area contributed by atoms with Crippen LogP contribution in [0, 0.1) is 0 Å². The monoisotopic (exact) mass is 242 g/mol. The summed E-state index contributed by atoms with van der Waals surface area (Å²) >= 11 is 1.12. The Bertz CT molecular complexity index is 429. The predicted octanol–water partition coefficient (Wildman–Crippen LogP) is -0.683. The SMILES string of the molecule is CC(=O)Nc1nc(C(=O)NCC(N)=O)cs1. The third-order valence-corrected chi connectivity index (χ3v) is 2.20. The standard InChI is InChI=1S/C8H10N4O3S/c1-4(13)11-8-12-5(3-16-8)7(15)10-2-6(9)14/h3H,2H2,1H3,(H2,9,14)(H,10,15)(H,11,12,13). The average molecular weight is 242 g/mol. The first kappa shape index (κ1) is 12.1. The number of amides is 3. The van der Waals surface area contributed by atoms with Crippen LogP contribution < -0.4 is 16.4 Å². The van der Waals surface area contributed by atoms with Gasteiger partial charge in [-0.25, -0.2) is 4.98 Å². The van der Waals surface area contributed by atoms with Crippen LogP contribution in [0.4, 0.5) is 5.13 Å². The number of hydrogen-bond donors (Lipinski definition) is 3. The highest BCUT2D eigenvalue weighted by molar-refractivity contribution is 7.14. The maximum absolute atomic E-state index is 11.4. The molecule has 0 bridgehead atoms. The summed E-state index contributed by atoms with van der Waals surface area (Å²) in [5.74, 6) is -1.41. The van der Waals surface area contributed by atoms with Crippen LogP contribution in [0.5, 0.6) is 0 Å². The molecule has 1 heterocycles. The molecule has 0 spiro atoms. The second-order valence-corrected chi connectivity index (χ2v) is 3.73. The number of nitrogens with one attached hydrogen (secondary N) is 2. The third-order valence-electron chi connectivity index (χ3n) is 1.44. The molecule has 0 unspecified atom stereocenters. The molecule has 0 aliphatic heterocycles. The predicted molar refractivity (Wildman–Crippen MR) is 57.9 cm³/mol. The number of aromatic nitrogens is 1. The molecule has 0 atom stereocenters. The highest BCUT2D eigenvalue weighted by atomic mass is 32.1. The summed E-state index contributed by atoms with van der Waals surface area (Å²) in [6.45, 7) is 1.10. The lowest BCUT2D eigenvalue weighted by molar-refractivity contribution is -0.117. The molecule has 0 aliphatic carbocycles. The molecule has 0 radical (unpaired) electrons. The Morgan fingerprint density at radius 3 is 2.75 bits per heavy atom. The quantitative estimate of drug-likeness (QED) is 0.648. The molecule has 86 valence electrons. The number of anilines is 1. The Balaban J connectivity index is 2.59. The molecular weight excluding hydrogens is 232 g/mol. The second-order valence-electron chi connectivity index (χ2n) is 2.87. The number of carbonyl (C=O) groups is 3. The zero-order valence-corrected chi connectivity index (χ0v) is 9.26. The van der Waals surface area contributed by atoms with Crippen molar-refractivity contribution >= 4 is 34.2 Å². The van der Waals surface area contributed by atoms with Gasteiger partial charge < -0.3 is 16.4 Å². The summed E-state index contributed by atoms with van der Waals surface area (Å²) in [6, 6.07) is 0. The van der Waals surface area contributed by atoms with Crippen molar-refractivity contribution in [2.75, 3.05) is 11.9 Å². The first-order valence-electron chi connectivity index (χ1n) is 4.28. The van der Waals surface area contributed by atoms with E-state index in [4.69, 9.17) is 5.73 Å². The van der Waals surface area contributed by atoms with Gasteiger partial charge in [-0.3, -0.25) is 14.4 Å². The fraction of sp³-hybridized carbons (Fsp3) is 0.250. The van der Waals surface area contributed by atoms with Crippen molar-refractivity contribution in [3.63, 3.8) is 0 Å². The first-order chi connectivity index (χ1) is 7.49. The number of carbonyl (C=O) groups excluding carboxylic acids is 3. The van der Waals surface area contributed by atoms with Gasteiger partial charge in [0.15, 0.2) is 5.13 Å². The Morgan fingerprint density at radius 2 is 2.19 bits per heavy atom. The van der Waals surface area contributed by atoms with E-state index in [0.29, 0.717) is 5.13 Å². The van der Waals surface area contributed by atoms with Gasteiger partial charge in [0, 0.05) is 12.3 Å². The van der Waals surface area contributed by atoms with Crippen LogP contribution in [-0.2, 0) is 9.59 Å². The first-order valence-corrected chi connectivity index (χ1v) is 5.16. The van der Waals surface area contributed by atoms with Gasteiger partial charge in [0.25, 0.3) is 5.91 Å². The van der Waals surface area contributed by atoms with Crippen LogP contribution in [-0.4, -0.2) is 29.3 Å². The van der Waals surface area contributed by atoms with Gasteiger partial charge in [0.1, 0.15) is 5.69 Å². The number of rotatable bonds is 4. The maximum Gasteiger partial charge on any atom is 0.271 e. The van der Waals surface area contributed by atoms with Gasteiger partial charge in [-0.2, -0.15) is 0 Å². The van der Waals surface area contributed by atoms with Gasteiger partial charge in [-0.05, 0) is 0 Å². The van der Waals surface area contributed by atoms with Gasteiger partial charge in [-0.15, -0.1) is 11.3 Å². The minimum atomic E-state index is -0.634. The summed E-state index contributed by atoms with van der Waals surface area (Å²) in [7, 11) is 0. The molecule has 3 amide bonds. The van der Waals surface area contributed by atoms with Crippen molar-refractivity contribution in [2.45, 2.75) is 6.92 Å². The van der Waals surface area contributed by atoms with Crippen molar-refractivity contribution in [2.24, 2.45) is 5.73 Å². The summed E-state index contributed by atoms with van der Waals surface area (Å²) in [5.41, 5.74) is 5.00. The summed E-state index contributed by atoms with van der Waals surface area (Å²) in [4.78, 5) is 36.3. The number of nitrogens with zero attached hydrogens (tertiary/aromatic N) is 1. The van der Waals surface area contributed by atoms with E-state index < -0.39 is 11.8 Å². The topological polar surface area (TPSA) is 114 Å². The largest absolute Gasteiger partial charge is 0.368 e. The number of thiazole rings is 1. The molecule has 0 aromatic carbocycles. The van der Waals surface area contributed by atoms with E-state index in [0.717, 1.165) is 11.3 Å². The van der Waals surface area contributed by atoms with E-state index in [1.54, 1.807) is 0 Å². The number of hydrogen-bond acceptors (Lipinski definition) is 5. The number of primary amides is 1. The van der Waals surface area contributed by atoms with Gasteiger partial charge >= 0.3 is 0 Å². The van der Waals surface area contributed by atoms with E-state index in [1.165, 1.54) is 12.3 Å². The van der Waals surface area contributed by atoms with Crippen molar-refractivity contribution < 1.29 is 14.4 Å². The van der Waals surface area contributed by atoms with Crippen molar-refractivity contribution in [3.05, 3.63) is 11.1 Å². The number of nitrogens with two attached hydrogens (primary N) is 1. The molecule has 0 fully saturated rings. The normalized spacial score (nSPS) is 9.56.